The van der Waals surface area contributed by atoms with Crippen LogP contribution < -0.4 is 0 Å². The van der Waals surface area contributed by atoms with Gasteiger partial charge in [0.05, 0.1) is 6.42 Å². The van der Waals surface area contributed by atoms with Crippen LogP contribution in [0.4, 0.5) is 0 Å². The van der Waals surface area contributed by atoms with Crippen molar-refractivity contribution in [2.24, 2.45) is 0 Å². The molecule has 0 aliphatic rings. The Kier molecular flexibility index (Phi) is 55.3. The molecule has 0 saturated heterocycles. The van der Waals surface area contributed by atoms with E-state index in [2.05, 4.69) is 93.7 Å². The van der Waals surface area contributed by atoms with Gasteiger partial charge in [-0.15, -0.1) is 0 Å². The quantitative estimate of drug-likeness (QED) is 0.0261. The molecule has 0 fully saturated rings. The van der Waals surface area contributed by atoms with Crippen molar-refractivity contribution in [1.29, 1.82) is 0 Å². The fourth-order valence-electron chi connectivity index (χ4n) is 8.21. The number of carbonyl (C=O) groups is 3. The maximum atomic E-state index is 12.8. The van der Waals surface area contributed by atoms with Gasteiger partial charge >= 0.3 is 17.9 Å². The molecule has 0 aromatic rings. The summed E-state index contributed by atoms with van der Waals surface area (Å²) in [5.74, 6) is -1.05. The molecule has 0 heterocycles. The first-order valence-electron chi connectivity index (χ1n) is 29.6. The van der Waals surface area contributed by atoms with Gasteiger partial charge in [0.15, 0.2) is 6.10 Å². The zero-order chi connectivity index (χ0) is 50.7. The molecule has 402 valence electrons. The molecule has 0 bridgehead atoms. The number of allylic oxidation sites excluding steroid dienone is 13. The van der Waals surface area contributed by atoms with E-state index in [1.54, 1.807) is 6.08 Å². The summed E-state index contributed by atoms with van der Waals surface area (Å²) < 4.78 is 16.7. The van der Waals surface area contributed by atoms with Gasteiger partial charge in [-0.2, -0.15) is 0 Å². The Labute approximate surface area is 433 Å². The van der Waals surface area contributed by atoms with Crippen molar-refractivity contribution in [3.8, 4) is 0 Å². The zero-order valence-electron chi connectivity index (χ0n) is 46.0. The molecule has 6 heteroatoms. The number of rotatable bonds is 53. The highest BCUT2D eigenvalue weighted by Gasteiger charge is 2.19. The molecule has 0 amide bonds. The number of hydrogen-bond acceptors (Lipinski definition) is 6. The number of carbonyl (C=O) groups excluding carboxylic acids is 3. The van der Waals surface area contributed by atoms with E-state index in [4.69, 9.17) is 14.2 Å². The second-order valence-corrected chi connectivity index (χ2v) is 19.5. The van der Waals surface area contributed by atoms with Gasteiger partial charge in [-0.1, -0.05) is 254 Å². The first-order chi connectivity index (χ1) is 34.5. The fourth-order valence-corrected chi connectivity index (χ4v) is 8.21. The summed E-state index contributed by atoms with van der Waals surface area (Å²) in [6.07, 6.45) is 76.2. The minimum Gasteiger partial charge on any atom is -0.462 e. The minimum absolute atomic E-state index is 0.0955. The average Bonchev–Trinajstić information content (AvgIpc) is 3.36. The van der Waals surface area contributed by atoms with Crippen LogP contribution in [-0.4, -0.2) is 37.2 Å². The third-order valence-electron chi connectivity index (χ3n) is 12.6. The highest BCUT2D eigenvalue weighted by Crippen LogP contribution is 2.16. The van der Waals surface area contributed by atoms with Crippen LogP contribution in [0.1, 0.15) is 284 Å². The van der Waals surface area contributed by atoms with E-state index < -0.39 is 12.1 Å². The molecule has 1 atom stereocenters. The Hall–Kier alpha value is -3.41. The molecule has 0 rings (SSSR count). The third kappa shape index (κ3) is 55.5. The molecular weight excluding hydrogens is 865 g/mol. The van der Waals surface area contributed by atoms with Gasteiger partial charge in [-0.25, -0.2) is 0 Å². The second kappa shape index (κ2) is 58.2. The molecule has 0 N–H and O–H groups in total. The van der Waals surface area contributed by atoms with Crippen LogP contribution in [-0.2, 0) is 28.6 Å². The number of hydrogen-bond donors (Lipinski definition) is 0. The highest BCUT2D eigenvalue weighted by molar-refractivity contribution is 5.72. The van der Waals surface area contributed by atoms with Gasteiger partial charge in [-0.3, -0.25) is 14.4 Å². The van der Waals surface area contributed by atoms with Crippen molar-refractivity contribution in [3.05, 3.63) is 85.1 Å². The monoisotopic (exact) mass is 975 g/mol. The topological polar surface area (TPSA) is 78.9 Å². The Morgan fingerprint density at radius 3 is 0.957 bits per heavy atom. The lowest BCUT2D eigenvalue weighted by molar-refractivity contribution is -0.166. The SMILES string of the molecule is CC/C=C\C/C=C\C/C=C\C/C=C\C/C=C\CC(=O)OC(COC(=O)CCCCCCC/C=C\CCCCC)COC(=O)CCCCCCCCCCCCCCC/C=C\CCCCCCCCCC. The first kappa shape index (κ1) is 66.6. The highest BCUT2D eigenvalue weighted by atomic mass is 16.6. The van der Waals surface area contributed by atoms with Gasteiger partial charge in [0.25, 0.3) is 0 Å². The number of esters is 3. The maximum absolute atomic E-state index is 12.8. The Morgan fingerprint density at radius 1 is 0.314 bits per heavy atom. The van der Waals surface area contributed by atoms with Crippen molar-refractivity contribution in [1.82, 2.24) is 0 Å². The Morgan fingerprint density at radius 2 is 0.600 bits per heavy atom. The van der Waals surface area contributed by atoms with Crippen molar-refractivity contribution in [3.63, 3.8) is 0 Å². The van der Waals surface area contributed by atoms with Crippen molar-refractivity contribution >= 4 is 17.9 Å². The van der Waals surface area contributed by atoms with E-state index in [1.165, 1.54) is 161 Å². The van der Waals surface area contributed by atoms with Gasteiger partial charge in [0, 0.05) is 12.8 Å². The molecule has 0 aliphatic heterocycles. The standard InChI is InChI=1S/C64H110O6/c1-4-7-10-13-16-19-22-25-27-28-29-30-31-32-33-34-35-36-38-39-42-45-48-51-54-57-63(66)69-60-61(59-68-62(65)56-53-50-47-44-41-24-21-18-15-12-9-6-3)70-64(67)58-55-52-49-46-43-40-37-26-23-20-17-14-11-8-5-2/h8,11,17-18,20-21,26,28-29,37,43,46,52,55,61H,4-7,9-10,12-16,19,22-25,27,30-36,38-42,44-45,47-51,53-54,56-60H2,1-3H3/b11-8-,20-17-,21-18-,29-28-,37-26-,46-43-,55-52-. The summed E-state index contributed by atoms with van der Waals surface area (Å²) in [7, 11) is 0. The molecule has 0 radical (unpaired) electrons. The van der Waals surface area contributed by atoms with E-state index in [9.17, 15) is 14.4 Å². The first-order valence-corrected chi connectivity index (χ1v) is 29.6. The minimum atomic E-state index is -0.834. The van der Waals surface area contributed by atoms with Crippen LogP contribution in [0.3, 0.4) is 0 Å². The normalized spacial score (nSPS) is 12.7. The largest absolute Gasteiger partial charge is 0.462 e. The van der Waals surface area contributed by atoms with E-state index in [0.717, 1.165) is 83.5 Å². The summed E-state index contributed by atoms with van der Waals surface area (Å²) in [4.78, 5) is 38.0. The lowest BCUT2D eigenvalue weighted by Gasteiger charge is -2.18. The summed E-state index contributed by atoms with van der Waals surface area (Å²) in [6.45, 7) is 6.42. The Balaban J connectivity index is 4.33. The molecule has 0 aliphatic carbocycles. The van der Waals surface area contributed by atoms with Crippen LogP contribution in [0.25, 0.3) is 0 Å². The molecular formula is C64H110O6. The van der Waals surface area contributed by atoms with E-state index >= 15 is 0 Å². The second-order valence-electron chi connectivity index (χ2n) is 19.5. The van der Waals surface area contributed by atoms with Crippen LogP contribution in [0.2, 0.25) is 0 Å². The lowest BCUT2D eigenvalue weighted by Crippen LogP contribution is -2.30. The predicted molar refractivity (Wildman–Crippen MR) is 302 cm³/mol. The zero-order valence-corrected chi connectivity index (χ0v) is 46.0. The van der Waals surface area contributed by atoms with Crippen LogP contribution >= 0.6 is 0 Å². The summed E-state index contributed by atoms with van der Waals surface area (Å²) in [5, 5.41) is 0. The van der Waals surface area contributed by atoms with Gasteiger partial charge in [-0.05, 0) is 96.3 Å². The molecule has 0 aromatic carbocycles. The number of ether oxygens (including phenoxy) is 3. The molecule has 0 spiro atoms. The summed E-state index contributed by atoms with van der Waals surface area (Å²) in [5.41, 5.74) is 0. The average molecular weight is 976 g/mol. The molecule has 6 nitrogen and oxygen atoms in total. The molecule has 0 aromatic heterocycles. The van der Waals surface area contributed by atoms with Crippen molar-refractivity contribution < 1.29 is 28.6 Å². The Bertz CT molecular complexity index is 1350. The molecule has 70 heavy (non-hydrogen) atoms. The summed E-state index contributed by atoms with van der Waals surface area (Å²) >= 11 is 0. The van der Waals surface area contributed by atoms with Gasteiger partial charge < -0.3 is 14.2 Å². The lowest BCUT2D eigenvalue weighted by atomic mass is 10.0. The molecule has 0 saturated carbocycles. The predicted octanol–water partition coefficient (Wildman–Crippen LogP) is 19.9. The third-order valence-corrected chi connectivity index (χ3v) is 12.6. The van der Waals surface area contributed by atoms with E-state index in [1.807, 2.05) is 6.08 Å². The van der Waals surface area contributed by atoms with Crippen molar-refractivity contribution in [2.45, 2.75) is 290 Å². The van der Waals surface area contributed by atoms with Gasteiger partial charge in [0.2, 0.25) is 0 Å². The van der Waals surface area contributed by atoms with Gasteiger partial charge in [0.1, 0.15) is 13.2 Å². The van der Waals surface area contributed by atoms with E-state index in [0.29, 0.717) is 12.8 Å². The number of unbranched alkanes of at least 4 members (excludes halogenated alkanes) is 29. The maximum Gasteiger partial charge on any atom is 0.310 e. The van der Waals surface area contributed by atoms with Crippen LogP contribution in [0.15, 0.2) is 85.1 Å². The van der Waals surface area contributed by atoms with E-state index in [-0.39, 0.29) is 31.6 Å². The van der Waals surface area contributed by atoms with Crippen LogP contribution in [0.5, 0.6) is 0 Å². The fraction of sp³-hybridized carbons (Fsp3) is 0.734. The molecule has 1 unspecified atom stereocenters. The smallest absolute Gasteiger partial charge is 0.310 e. The van der Waals surface area contributed by atoms with Crippen molar-refractivity contribution in [2.75, 3.05) is 13.2 Å². The van der Waals surface area contributed by atoms with Crippen LogP contribution in [0, 0.1) is 0 Å². The summed E-state index contributed by atoms with van der Waals surface area (Å²) in [6, 6.07) is 0.